The molecule has 13 heavy (non-hydrogen) atoms. The number of carbonyl (C=O) groups excluding carboxylic acids is 1. The minimum atomic E-state index is -0.631. The molecule has 0 aromatic carbocycles. The Kier molecular flexibility index (Phi) is 2.74. The lowest BCUT2D eigenvalue weighted by Crippen LogP contribution is -2.65. The predicted octanol–water partition coefficient (Wildman–Crippen LogP) is 1.14. The standard InChI is InChI=1S/C9H16BrNO2/c1-4-9(13)5-11(6-9)7(12)8(2,3)10/h13H,4-6H2,1-3H3. The number of hydrogen-bond donors (Lipinski definition) is 1. The van der Waals surface area contributed by atoms with Crippen molar-refractivity contribution in [3.05, 3.63) is 0 Å². The quantitative estimate of drug-likeness (QED) is 0.747. The molecule has 0 unspecified atom stereocenters. The second-order valence-corrected chi connectivity index (χ2v) is 6.19. The lowest BCUT2D eigenvalue weighted by molar-refractivity contribution is -0.157. The Morgan fingerprint density at radius 1 is 1.62 bits per heavy atom. The van der Waals surface area contributed by atoms with E-state index >= 15 is 0 Å². The molecule has 3 nitrogen and oxygen atoms in total. The molecular formula is C9H16BrNO2. The number of hydrogen-bond acceptors (Lipinski definition) is 2. The maximum Gasteiger partial charge on any atom is 0.239 e. The molecular weight excluding hydrogens is 234 g/mol. The fourth-order valence-corrected chi connectivity index (χ4v) is 1.66. The van der Waals surface area contributed by atoms with Gasteiger partial charge in [0.15, 0.2) is 0 Å². The summed E-state index contributed by atoms with van der Waals surface area (Å²) in [6, 6.07) is 0. The molecule has 1 fully saturated rings. The topological polar surface area (TPSA) is 40.5 Å². The molecule has 0 aromatic heterocycles. The third-order valence-electron chi connectivity index (χ3n) is 2.42. The van der Waals surface area contributed by atoms with Gasteiger partial charge in [-0.25, -0.2) is 0 Å². The van der Waals surface area contributed by atoms with Gasteiger partial charge in [0.2, 0.25) is 5.91 Å². The zero-order chi connectivity index (χ0) is 10.3. The van der Waals surface area contributed by atoms with Gasteiger partial charge in [-0.3, -0.25) is 4.79 Å². The Morgan fingerprint density at radius 3 is 2.38 bits per heavy atom. The minimum absolute atomic E-state index is 0.0469. The molecule has 0 atom stereocenters. The van der Waals surface area contributed by atoms with Gasteiger partial charge in [-0.15, -0.1) is 0 Å². The van der Waals surface area contributed by atoms with Crippen molar-refractivity contribution in [2.24, 2.45) is 0 Å². The zero-order valence-corrected chi connectivity index (χ0v) is 9.89. The number of β-amino-alcohol motifs (C(OH)–C–C–N with tert-alkyl or cyclic N) is 1. The summed E-state index contributed by atoms with van der Waals surface area (Å²) >= 11 is 3.31. The lowest BCUT2D eigenvalue weighted by atomic mass is 9.90. The number of halogens is 1. The Morgan fingerprint density at radius 2 is 2.08 bits per heavy atom. The Hall–Kier alpha value is -0.0900. The summed E-state index contributed by atoms with van der Waals surface area (Å²) in [5, 5.41) is 9.69. The lowest BCUT2D eigenvalue weighted by Gasteiger charge is -2.47. The van der Waals surface area contributed by atoms with Gasteiger partial charge in [-0.2, -0.15) is 0 Å². The molecule has 1 heterocycles. The van der Waals surface area contributed by atoms with Gasteiger partial charge in [0.1, 0.15) is 0 Å². The first-order valence-electron chi connectivity index (χ1n) is 4.49. The van der Waals surface area contributed by atoms with E-state index in [9.17, 15) is 9.90 Å². The molecule has 0 bridgehead atoms. The Bertz CT molecular complexity index is 216. The monoisotopic (exact) mass is 249 g/mol. The van der Waals surface area contributed by atoms with Gasteiger partial charge in [-0.1, -0.05) is 22.9 Å². The average molecular weight is 250 g/mol. The van der Waals surface area contributed by atoms with Crippen molar-refractivity contribution in [2.45, 2.75) is 37.1 Å². The SMILES string of the molecule is CCC1(O)CN(C(=O)C(C)(C)Br)C1. The molecule has 0 spiro atoms. The number of aliphatic hydroxyl groups is 1. The summed E-state index contributed by atoms with van der Waals surface area (Å²) in [5.41, 5.74) is -0.631. The van der Waals surface area contributed by atoms with Crippen LogP contribution in [0.5, 0.6) is 0 Å². The third kappa shape index (κ3) is 2.23. The van der Waals surface area contributed by atoms with E-state index in [2.05, 4.69) is 15.9 Å². The van der Waals surface area contributed by atoms with Crippen LogP contribution >= 0.6 is 15.9 Å². The molecule has 4 heteroatoms. The molecule has 1 amide bonds. The third-order valence-corrected chi connectivity index (χ3v) is 2.76. The molecule has 0 saturated carbocycles. The van der Waals surface area contributed by atoms with Crippen molar-refractivity contribution in [1.29, 1.82) is 0 Å². The summed E-state index contributed by atoms with van der Waals surface area (Å²) in [7, 11) is 0. The second-order valence-electron chi connectivity index (χ2n) is 4.21. The molecule has 76 valence electrons. The van der Waals surface area contributed by atoms with Gasteiger partial charge in [0.05, 0.1) is 23.0 Å². The number of nitrogens with zero attached hydrogens (tertiary/aromatic N) is 1. The van der Waals surface area contributed by atoms with Crippen LogP contribution in [0.15, 0.2) is 0 Å². The minimum Gasteiger partial charge on any atom is -0.386 e. The van der Waals surface area contributed by atoms with E-state index < -0.39 is 9.93 Å². The van der Waals surface area contributed by atoms with Gasteiger partial charge >= 0.3 is 0 Å². The number of amides is 1. The number of rotatable bonds is 2. The summed E-state index contributed by atoms with van der Waals surface area (Å²) in [5.74, 6) is 0.0469. The molecule has 1 aliphatic heterocycles. The van der Waals surface area contributed by atoms with E-state index in [0.29, 0.717) is 19.5 Å². The smallest absolute Gasteiger partial charge is 0.239 e. The fraction of sp³-hybridized carbons (Fsp3) is 0.889. The largest absolute Gasteiger partial charge is 0.386 e. The molecule has 1 N–H and O–H groups in total. The van der Waals surface area contributed by atoms with Crippen molar-refractivity contribution in [3.8, 4) is 0 Å². The number of carbonyl (C=O) groups is 1. The predicted molar refractivity (Wildman–Crippen MR) is 54.8 cm³/mol. The van der Waals surface area contributed by atoms with E-state index in [0.717, 1.165) is 0 Å². The highest BCUT2D eigenvalue weighted by molar-refractivity contribution is 9.10. The normalized spacial score (nSPS) is 21.2. The van der Waals surface area contributed by atoms with Gasteiger partial charge in [0.25, 0.3) is 0 Å². The molecule has 1 saturated heterocycles. The van der Waals surface area contributed by atoms with Crippen LogP contribution in [0.3, 0.4) is 0 Å². The summed E-state index contributed by atoms with van der Waals surface area (Å²) in [6.07, 6.45) is 0.708. The summed E-state index contributed by atoms with van der Waals surface area (Å²) in [4.78, 5) is 13.3. The number of alkyl halides is 1. The molecule has 0 aromatic rings. The first-order valence-corrected chi connectivity index (χ1v) is 5.28. The van der Waals surface area contributed by atoms with E-state index in [1.165, 1.54) is 0 Å². The highest BCUT2D eigenvalue weighted by Crippen LogP contribution is 2.29. The molecule has 1 rings (SSSR count). The van der Waals surface area contributed by atoms with Crippen LogP contribution in [0.4, 0.5) is 0 Å². The fourth-order valence-electron chi connectivity index (χ4n) is 1.41. The van der Waals surface area contributed by atoms with Crippen LogP contribution in [0.2, 0.25) is 0 Å². The van der Waals surface area contributed by atoms with E-state index in [1.54, 1.807) is 4.90 Å². The first-order chi connectivity index (χ1) is 5.78. The van der Waals surface area contributed by atoms with Gasteiger partial charge in [-0.05, 0) is 20.3 Å². The molecule has 0 radical (unpaired) electrons. The highest BCUT2D eigenvalue weighted by Gasteiger charge is 2.45. The Labute approximate surface area is 87.2 Å². The van der Waals surface area contributed by atoms with Crippen LogP contribution < -0.4 is 0 Å². The van der Waals surface area contributed by atoms with Crippen LogP contribution in [0.25, 0.3) is 0 Å². The highest BCUT2D eigenvalue weighted by atomic mass is 79.9. The second kappa shape index (κ2) is 3.24. The molecule has 1 aliphatic rings. The van der Waals surface area contributed by atoms with Crippen LogP contribution in [-0.4, -0.2) is 38.9 Å². The van der Waals surface area contributed by atoms with E-state index in [4.69, 9.17) is 0 Å². The van der Waals surface area contributed by atoms with E-state index in [1.807, 2.05) is 20.8 Å². The van der Waals surface area contributed by atoms with Crippen LogP contribution in [-0.2, 0) is 4.79 Å². The van der Waals surface area contributed by atoms with Crippen molar-refractivity contribution >= 4 is 21.8 Å². The van der Waals surface area contributed by atoms with Crippen LogP contribution in [0.1, 0.15) is 27.2 Å². The van der Waals surface area contributed by atoms with Crippen molar-refractivity contribution in [1.82, 2.24) is 4.90 Å². The average Bonchev–Trinajstić information content (AvgIpc) is 1.95. The van der Waals surface area contributed by atoms with Gasteiger partial charge in [0, 0.05) is 0 Å². The van der Waals surface area contributed by atoms with Crippen LogP contribution in [0, 0.1) is 0 Å². The van der Waals surface area contributed by atoms with Crippen molar-refractivity contribution in [3.63, 3.8) is 0 Å². The summed E-state index contributed by atoms with van der Waals surface area (Å²) < 4.78 is -0.512. The summed E-state index contributed by atoms with van der Waals surface area (Å²) in [6.45, 7) is 6.51. The maximum absolute atomic E-state index is 11.6. The first kappa shape index (κ1) is 11.0. The van der Waals surface area contributed by atoms with E-state index in [-0.39, 0.29) is 5.91 Å². The van der Waals surface area contributed by atoms with Crippen molar-refractivity contribution in [2.75, 3.05) is 13.1 Å². The molecule has 0 aliphatic carbocycles. The van der Waals surface area contributed by atoms with Gasteiger partial charge < -0.3 is 10.0 Å². The Balaban J connectivity index is 2.49. The maximum atomic E-state index is 11.6. The number of likely N-dealkylation sites (tertiary alicyclic amines) is 1. The van der Waals surface area contributed by atoms with Crippen molar-refractivity contribution < 1.29 is 9.90 Å². The zero-order valence-electron chi connectivity index (χ0n) is 8.30.